The maximum absolute atomic E-state index is 13.3. The van der Waals surface area contributed by atoms with Crippen molar-refractivity contribution in [3.05, 3.63) is 29.1 Å². The molecule has 1 aromatic heterocycles. The van der Waals surface area contributed by atoms with E-state index in [1.165, 1.54) is 18.7 Å². The number of carbonyl (C=O) groups excluding carboxylic acids is 2. The summed E-state index contributed by atoms with van der Waals surface area (Å²) < 4.78 is 39.8. The van der Waals surface area contributed by atoms with Crippen molar-refractivity contribution in [1.82, 2.24) is 15.2 Å². The highest BCUT2D eigenvalue weighted by Crippen LogP contribution is 2.36. The number of likely N-dealkylation sites (tertiary alicyclic amines) is 1. The predicted octanol–water partition coefficient (Wildman–Crippen LogP) is 2.42. The van der Waals surface area contributed by atoms with E-state index < -0.39 is 23.7 Å². The number of hydrogen-bond donors (Lipinski definition) is 1. The number of pyridine rings is 1. The van der Waals surface area contributed by atoms with Gasteiger partial charge in [-0.1, -0.05) is 0 Å². The van der Waals surface area contributed by atoms with Gasteiger partial charge in [-0.15, -0.1) is 0 Å². The summed E-state index contributed by atoms with van der Waals surface area (Å²) in [5, 5.41) is 2.35. The minimum Gasteiger partial charge on any atom is -0.352 e. The Balaban J connectivity index is 2.36. The van der Waals surface area contributed by atoms with Gasteiger partial charge in [0.05, 0.1) is 17.3 Å². The second-order valence-electron chi connectivity index (χ2n) is 5.54. The minimum absolute atomic E-state index is 0.0937. The smallest absolute Gasteiger partial charge is 0.352 e. The van der Waals surface area contributed by atoms with Crippen molar-refractivity contribution >= 4 is 11.8 Å². The lowest BCUT2D eigenvalue weighted by Crippen LogP contribution is -2.29. The molecule has 1 aromatic rings. The fraction of sp³-hybridized carbons (Fsp3) is 0.533. The average Bonchev–Trinajstić information content (AvgIpc) is 2.93. The van der Waals surface area contributed by atoms with Crippen LogP contribution < -0.4 is 5.32 Å². The fourth-order valence-corrected chi connectivity index (χ4v) is 2.76. The lowest BCUT2D eigenvalue weighted by Gasteiger charge is -2.24. The van der Waals surface area contributed by atoms with Gasteiger partial charge >= 0.3 is 6.18 Å². The Bertz CT molecular complexity index is 616. The number of hydrogen-bond acceptors (Lipinski definition) is 3. The van der Waals surface area contributed by atoms with Crippen LogP contribution in [0, 0.1) is 0 Å². The fourth-order valence-electron chi connectivity index (χ4n) is 2.76. The van der Waals surface area contributed by atoms with E-state index in [4.69, 9.17) is 0 Å². The number of alkyl halides is 3. The lowest BCUT2D eigenvalue weighted by atomic mass is 10.0. The van der Waals surface area contributed by atoms with Crippen LogP contribution in [0.3, 0.4) is 0 Å². The third-order valence-electron chi connectivity index (χ3n) is 3.84. The molecule has 1 N–H and O–H groups in total. The van der Waals surface area contributed by atoms with Crippen LogP contribution in [0.15, 0.2) is 12.3 Å². The molecule has 126 valence electrons. The Morgan fingerprint density at radius 2 is 2.09 bits per heavy atom. The Hall–Kier alpha value is -2.12. The zero-order valence-corrected chi connectivity index (χ0v) is 12.9. The molecule has 1 aliphatic heterocycles. The Morgan fingerprint density at radius 1 is 1.39 bits per heavy atom. The molecule has 0 bridgehead atoms. The number of carbonyl (C=O) groups is 2. The molecule has 0 aromatic carbocycles. The molecular formula is C15H18F3N3O2. The zero-order chi connectivity index (χ0) is 17.2. The third-order valence-corrected chi connectivity index (χ3v) is 3.84. The number of aromatic nitrogens is 1. The molecule has 5 nitrogen and oxygen atoms in total. The van der Waals surface area contributed by atoms with E-state index in [9.17, 15) is 22.8 Å². The molecule has 1 atom stereocenters. The molecule has 0 spiro atoms. The summed E-state index contributed by atoms with van der Waals surface area (Å²) in [5.41, 5.74) is -0.688. The van der Waals surface area contributed by atoms with E-state index in [-0.39, 0.29) is 23.7 Å². The summed E-state index contributed by atoms with van der Waals surface area (Å²) in [4.78, 5) is 28.1. The van der Waals surface area contributed by atoms with Gasteiger partial charge in [-0.2, -0.15) is 13.2 Å². The summed E-state index contributed by atoms with van der Waals surface area (Å²) >= 11 is 0. The van der Waals surface area contributed by atoms with Gasteiger partial charge in [0.25, 0.3) is 0 Å². The van der Waals surface area contributed by atoms with Gasteiger partial charge in [-0.3, -0.25) is 14.6 Å². The van der Waals surface area contributed by atoms with Crippen LogP contribution in [0.1, 0.15) is 49.6 Å². The van der Waals surface area contributed by atoms with Crippen molar-refractivity contribution in [3.8, 4) is 0 Å². The molecule has 0 saturated carbocycles. The highest BCUT2D eigenvalue weighted by molar-refractivity contribution is 5.74. The monoisotopic (exact) mass is 329 g/mol. The van der Waals surface area contributed by atoms with Crippen molar-refractivity contribution in [1.29, 1.82) is 0 Å². The van der Waals surface area contributed by atoms with Gasteiger partial charge in [0.1, 0.15) is 0 Å². The standard InChI is InChI=1S/C15H18F3N3O2/c1-9(22)19-7-11-8-20-13(6-12(11)15(16,17)18)14-4-3-5-21(14)10(2)23/h6,8,14H,3-5,7H2,1-2H3,(H,19,22)/t14-/m1/s1. The SMILES string of the molecule is CC(=O)NCc1cnc([C@H]2CCCN2C(C)=O)cc1C(F)(F)F. The summed E-state index contributed by atoms with van der Waals surface area (Å²) in [6.07, 6.45) is -2.09. The van der Waals surface area contributed by atoms with E-state index in [2.05, 4.69) is 10.3 Å². The van der Waals surface area contributed by atoms with Crippen LogP contribution >= 0.6 is 0 Å². The van der Waals surface area contributed by atoms with Crippen LogP contribution in [0.2, 0.25) is 0 Å². The van der Waals surface area contributed by atoms with Crippen LogP contribution in [0.4, 0.5) is 13.2 Å². The first-order valence-corrected chi connectivity index (χ1v) is 7.28. The molecule has 2 heterocycles. The van der Waals surface area contributed by atoms with E-state index in [0.29, 0.717) is 13.0 Å². The van der Waals surface area contributed by atoms with E-state index in [1.807, 2.05) is 0 Å². The summed E-state index contributed by atoms with van der Waals surface area (Å²) in [6, 6.07) is 0.562. The van der Waals surface area contributed by atoms with Gasteiger partial charge in [0, 0.05) is 38.7 Å². The highest BCUT2D eigenvalue weighted by atomic mass is 19.4. The summed E-state index contributed by atoms with van der Waals surface area (Å²) in [5.74, 6) is -0.592. The van der Waals surface area contributed by atoms with E-state index >= 15 is 0 Å². The van der Waals surface area contributed by atoms with Crippen molar-refractivity contribution in [2.24, 2.45) is 0 Å². The number of rotatable bonds is 3. The third kappa shape index (κ3) is 4.00. The molecule has 1 saturated heterocycles. The van der Waals surface area contributed by atoms with E-state index in [1.54, 1.807) is 0 Å². The summed E-state index contributed by atoms with van der Waals surface area (Å²) in [6.45, 7) is 2.92. The van der Waals surface area contributed by atoms with Crippen LogP contribution in [0.5, 0.6) is 0 Å². The minimum atomic E-state index is -4.55. The second-order valence-corrected chi connectivity index (χ2v) is 5.54. The van der Waals surface area contributed by atoms with Crippen molar-refractivity contribution in [2.75, 3.05) is 6.54 Å². The van der Waals surface area contributed by atoms with Gasteiger partial charge in [-0.25, -0.2) is 0 Å². The molecule has 8 heteroatoms. The Labute approximate surface area is 131 Å². The van der Waals surface area contributed by atoms with Crippen LogP contribution in [0.25, 0.3) is 0 Å². The van der Waals surface area contributed by atoms with E-state index in [0.717, 1.165) is 18.7 Å². The molecule has 2 amide bonds. The normalized spacial score (nSPS) is 18.1. The van der Waals surface area contributed by atoms with Crippen molar-refractivity contribution in [2.45, 2.75) is 45.5 Å². The molecule has 0 aliphatic carbocycles. The Morgan fingerprint density at radius 3 is 2.65 bits per heavy atom. The van der Waals surface area contributed by atoms with Gasteiger partial charge < -0.3 is 10.2 Å². The average molecular weight is 329 g/mol. The number of amides is 2. The highest BCUT2D eigenvalue weighted by Gasteiger charge is 2.36. The number of nitrogens with zero attached hydrogens (tertiary/aromatic N) is 2. The molecule has 1 fully saturated rings. The van der Waals surface area contributed by atoms with Gasteiger partial charge in [-0.05, 0) is 18.9 Å². The lowest BCUT2D eigenvalue weighted by molar-refractivity contribution is -0.138. The second kappa shape index (κ2) is 6.55. The molecule has 2 rings (SSSR count). The van der Waals surface area contributed by atoms with Crippen LogP contribution in [-0.4, -0.2) is 28.2 Å². The van der Waals surface area contributed by atoms with Crippen molar-refractivity contribution in [3.63, 3.8) is 0 Å². The topological polar surface area (TPSA) is 62.3 Å². The van der Waals surface area contributed by atoms with Gasteiger partial charge in [0.15, 0.2) is 0 Å². The molecule has 0 radical (unpaired) electrons. The molecule has 0 unspecified atom stereocenters. The first kappa shape index (κ1) is 17.2. The number of nitrogens with one attached hydrogen (secondary N) is 1. The number of halogens is 3. The molecule has 23 heavy (non-hydrogen) atoms. The maximum Gasteiger partial charge on any atom is 0.416 e. The Kier molecular flexibility index (Phi) is 4.91. The molecule has 1 aliphatic rings. The van der Waals surface area contributed by atoms with Gasteiger partial charge in [0.2, 0.25) is 11.8 Å². The zero-order valence-electron chi connectivity index (χ0n) is 12.9. The summed E-state index contributed by atoms with van der Waals surface area (Å²) in [7, 11) is 0. The van der Waals surface area contributed by atoms with Crippen LogP contribution in [-0.2, 0) is 22.3 Å². The quantitative estimate of drug-likeness (QED) is 0.926. The largest absolute Gasteiger partial charge is 0.416 e. The first-order chi connectivity index (χ1) is 10.7. The van der Waals surface area contributed by atoms with Crippen molar-refractivity contribution < 1.29 is 22.8 Å². The molecular weight excluding hydrogens is 311 g/mol. The predicted molar refractivity (Wildman–Crippen MR) is 76.1 cm³/mol. The first-order valence-electron chi connectivity index (χ1n) is 7.28. The maximum atomic E-state index is 13.3.